The third kappa shape index (κ3) is 2.62. The van der Waals surface area contributed by atoms with Crippen LogP contribution in [0.4, 0.5) is 10.1 Å². The third-order valence-electron chi connectivity index (χ3n) is 5.19. The van der Waals surface area contributed by atoms with Gasteiger partial charge in [-0.2, -0.15) is 0 Å². The molecule has 0 aliphatic carbocycles. The summed E-state index contributed by atoms with van der Waals surface area (Å²) >= 11 is 0. The topological polar surface area (TPSA) is 26.2 Å². The molecule has 1 aromatic carbocycles. The summed E-state index contributed by atoms with van der Waals surface area (Å²) < 4.78 is 23.1. The smallest absolute Gasteiger partial charge is 0.192 e. The Morgan fingerprint density at radius 1 is 1.30 bits per heavy atom. The van der Waals surface area contributed by atoms with E-state index in [2.05, 4.69) is 39.2 Å². The van der Waals surface area contributed by atoms with Gasteiger partial charge in [0.1, 0.15) is 0 Å². The monoisotopic (exact) mass is 332 g/mol. The van der Waals surface area contributed by atoms with E-state index in [0.29, 0.717) is 17.9 Å². The van der Waals surface area contributed by atoms with E-state index in [4.69, 9.17) is 4.43 Å². The zero-order chi connectivity index (χ0) is 17.0. The van der Waals surface area contributed by atoms with Crippen LogP contribution in [0.3, 0.4) is 0 Å². The van der Waals surface area contributed by atoms with Crippen LogP contribution in [0.25, 0.3) is 16.6 Å². The van der Waals surface area contributed by atoms with Crippen LogP contribution in [0.1, 0.15) is 33.3 Å². The molecule has 0 bridgehead atoms. The molecule has 5 heteroatoms. The van der Waals surface area contributed by atoms with Gasteiger partial charge in [-0.1, -0.05) is 20.8 Å². The number of benzene rings is 1. The molecule has 124 valence electrons. The predicted molar refractivity (Wildman–Crippen MR) is 97.5 cm³/mol. The summed E-state index contributed by atoms with van der Waals surface area (Å²) in [6.45, 7) is 13.3. The van der Waals surface area contributed by atoms with Crippen molar-refractivity contribution in [3.05, 3.63) is 35.9 Å². The lowest BCUT2D eigenvalue weighted by atomic mass is 10.1. The summed E-state index contributed by atoms with van der Waals surface area (Å²) in [5, 5.41) is 4.25. The average molecular weight is 332 g/mol. The molecule has 3 rings (SSSR count). The quantitative estimate of drug-likeness (QED) is 0.746. The molecule has 0 fully saturated rings. The van der Waals surface area contributed by atoms with Crippen molar-refractivity contribution in [1.82, 2.24) is 4.57 Å². The second-order valence-corrected chi connectivity index (χ2v) is 12.6. The molecule has 0 spiro atoms. The maximum Gasteiger partial charge on any atom is 0.192 e. The zero-order valence-corrected chi connectivity index (χ0v) is 15.7. The highest BCUT2D eigenvalue weighted by atomic mass is 28.4. The van der Waals surface area contributed by atoms with Crippen molar-refractivity contribution in [1.29, 1.82) is 0 Å². The predicted octanol–water partition coefficient (Wildman–Crippen LogP) is 5.55. The number of nitrogens with zero attached hydrogens (tertiary/aromatic N) is 1. The first-order valence-electron chi connectivity index (χ1n) is 8.02. The maximum atomic E-state index is 14.9. The van der Waals surface area contributed by atoms with E-state index < -0.39 is 8.32 Å². The largest absolute Gasteiger partial charge is 0.412 e. The van der Waals surface area contributed by atoms with E-state index in [-0.39, 0.29) is 10.9 Å². The van der Waals surface area contributed by atoms with Gasteiger partial charge >= 0.3 is 0 Å². The van der Waals surface area contributed by atoms with Crippen molar-refractivity contribution in [2.24, 2.45) is 0 Å². The van der Waals surface area contributed by atoms with Gasteiger partial charge in [-0.05, 0) is 37.2 Å². The first-order chi connectivity index (χ1) is 10.6. The summed E-state index contributed by atoms with van der Waals surface area (Å²) in [6.07, 6.45) is 3.82. The Kier molecular flexibility index (Phi) is 3.69. The van der Waals surface area contributed by atoms with Crippen molar-refractivity contribution in [2.75, 3.05) is 5.32 Å². The summed E-state index contributed by atoms with van der Waals surface area (Å²) in [5.41, 5.74) is 3.12. The highest BCUT2D eigenvalue weighted by molar-refractivity contribution is 6.74. The Morgan fingerprint density at radius 2 is 2.00 bits per heavy atom. The fraction of sp³-hybridized carbons (Fsp3) is 0.444. The fourth-order valence-corrected chi connectivity index (χ4v) is 3.55. The molecule has 0 saturated heterocycles. The summed E-state index contributed by atoms with van der Waals surface area (Å²) in [5.74, 6) is -0.208. The van der Waals surface area contributed by atoms with Crippen LogP contribution in [0.5, 0.6) is 0 Å². The normalized spacial score (nSPS) is 14.8. The number of rotatable bonds is 3. The summed E-state index contributed by atoms with van der Waals surface area (Å²) in [6, 6.07) is 3.94. The van der Waals surface area contributed by atoms with E-state index in [9.17, 15) is 4.39 Å². The zero-order valence-electron chi connectivity index (χ0n) is 14.7. The molecular formula is C18H25FN2OSi. The number of hydrogen-bond acceptors (Lipinski definition) is 2. The third-order valence-corrected chi connectivity index (χ3v) is 9.66. The van der Waals surface area contributed by atoms with E-state index in [1.54, 1.807) is 0 Å². The maximum absolute atomic E-state index is 14.9. The van der Waals surface area contributed by atoms with Gasteiger partial charge in [-0.25, -0.2) is 4.39 Å². The molecule has 1 aliphatic heterocycles. The highest BCUT2D eigenvalue weighted by Gasteiger charge is 2.37. The minimum atomic E-state index is -1.90. The summed E-state index contributed by atoms with van der Waals surface area (Å²) in [4.78, 5) is 0. The lowest BCUT2D eigenvalue weighted by molar-refractivity contribution is 0.271. The van der Waals surface area contributed by atoms with Crippen LogP contribution in [-0.4, -0.2) is 12.9 Å². The molecule has 1 aliphatic rings. The van der Waals surface area contributed by atoms with E-state index >= 15 is 0 Å². The Hall–Kier alpha value is -1.59. The second-order valence-electron chi connectivity index (χ2n) is 7.83. The van der Waals surface area contributed by atoms with Gasteiger partial charge in [0.2, 0.25) is 0 Å². The van der Waals surface area contributed by atoms with Gasteiger partial charge in [0.05, 0.1) is 17.8 Å². The first-order valence-corrected chi connectivity index (χ1v) is 10.9. The van der Waals surface area contributed by atoms with Crippen molar-refractivity contribution in [2.45, 2.75) is 52.4 Å². The molecule has 0 unspecified atom stereocenters. The van der Waals surface area contributed by atoms with Gasteiger partial charge in [-0.15, -0.1) is 0 Å². The minimum Gasteiger partial charge on any atom is -0.412 e. The Bertz CT molecular complexity index is 799. The van der Waals surface area contributed by atoms with E-state index in [1.165, 1.54) is 0 Å². The van der Waals surface area contributed by atoms with Gasteiger partial charge in [0.15, 0.2) is 14.1 Å². The van der Waals surface area contributed by atoms with Crippen molar-refractivity contribution in [3.63, 3.8) is 0 Å². The van der Waals surface area contributed by atoms with Crippen LogP contribution in [0.2, 0.25) is 18.1 Å². The van der Waals surface area contributed by atoms with Crippen LogP contribution < -0.4 is 5.32 Å². The minimum absolute atomic E-state index is 0.114. The van der Waals surface area contributed by atoms with Gasteiger partial charge < -0.3 is 14.3 Å². The van der Waals surface area contributed by atoms with Crippen molar-refractivity contribution >= 4 is 30.6 Å². The van der Waals surface area contributed by atoms with Gasteiger partial charge in [0, 0.05) is 29.0 Å². The first kappa shape index (κ1) is 16.3. The number of allylic oxidation sites excluding steroid dienone is 1. The number of anilines is 1. The fourth-order valence-electron chi connectivity index (χ4n) is 2.60. The van der Waals surface area contributed by atoms with Crippen LogP contribution >= 0.6 is 0 Å². The lowest BCUT2D eigenvalue weighted by Crippen LogP contribution is -2.40. The van der Waals surface area contributed by atoms with Crippen LogP contribution in [-0.2, 0) is 11.0 Å². The van der Waals surface area contributed by atoms with Crippen LogP contribution in [0, 0.1) is 5.82 Å². The molecule has 0 saturated carbocycles. The standard InChI is InChI=1S/C18H25FN2OSi/c1-12-10-20-16-15(19)14(9-13-7-8-21(12)17(13)16)11-22-23(5,6)18(2,3)4/h7-10,20H,11H2,1-6H3. The molecule has 2 aromatic rings. The summed E-state index contributed by atoms with van der Waals surface area (Å²) in [7, 11) is -1.90. The lowest BCUT2D eigenvalue weighted by Gasteiger charge is -2.36. The Morgan fingerprint density at radius 3 is 2.65 bits per heavy atom. The molecule has 0 amide bonds. The Labute approximate surface area is 138 Å². The van der Waals surface area contributed by atoms with Crippen LogP contribution in [0.15, 0.2) is 24.5 Å². The molecule has 1 N–H and O–H groups in total. The molecular weight excluding hydrogens is 307 g/mol. The average Bonchev–Trinajstić information content (AvgIpc) is 2.87. The molecule has 0 radical (unpaired) electrons. The Balaban J connectivity index is 1.97. The molecule has 0 atom stereocenters. The van der Waals surface area contributed by atoms with E-state index in [1.807, 2.05) is 36.0 Å². The molecule has 2 heterocycles. The van der Waals surface area contributed by atoms with Crippen molar-refractivity contribution in [3.8, 4) is 0 Å². The number of hydrogen-bond donors (Lipinski definition) is 1. The van der Waals surface area contributed by atoms with Crippen molar-refractivity contribution < 1.29 is 8.82 Å². The molecule has 3 nitrogen and oxygen atoms in total. The second kappa shape index (κ2) is 5.21. The molecule has 23 heavy (non-hydrogen) atoms. The SMILES string of the molecule is CC1=CNc2c(F)c(CO[Si](C)(C)C(C)(C)C)cc3ccn1c23. The van der Waals surface area contributed by atoms with E-state index in [0.717, 1.165) is 16.6 Å². The molecule has 1 aromatic heterocycles. The van der Waals surface area contributed by atoms with Gasteiger partial charge in [0.25, 0.3) is 0 Å². The number of halogens is 1. The van der Waals surface area contributed by atoms with Gasteiger partial charge in [-0.3, -0.25) is 0 Å². The number of nitrogens with one attached hydrogen (secondary N) is 1. The number of aromatic nitrogens is 1. The highest BCUT2D eigenvalue weighted by Crippen LogP contribution is 2.39.